The quantitative estimate of drug-likeness (QED) is 0.725. The van der Waals surface area contributed by atoms with Crippen molar-refractivity contribution in [3.05, 3.63) is 65.9 Å². The monoisotopic (exact) mass is 332 g/mol. The van der Waals surface area contributed by atoms with Crippen LogP contribution in [0.4, 0.5) is 18.9 Å². The lowest BCUT2D eigenvalue weighted by molar-refractivity contribution is -0.137. The van der Waals surface area contributed by atoms with Crippen molar-refractivity contribution in [3.63, 3.8) is 0 Å². The van der Waals surface area contributed by atoms with Gasteiger partial charge in [-0.25, -0.2) is 0 Å². The van der Waals surface area contributed by atoms with E-state index < -0.39 is 17.6 Å². The van der Waals surface area contributed by atoms with Crippen LogP contribution in [0.5, 0.6) is 0 Å². The molecule has 0 spiro atoms. The Bertz CT molecular complexity index is 897. The Hall–Kier alpha value is -2.76. The number of halogens is 3. The number of benzene rings is 2. The van der Waals surface area contributed by atoms with E-state index in [1.54, 1.807) is 12.1 Å². The van der Waals surface area contributed by atoms with E-state index in [0.29, 0.717) is 5.69 Å². The summed E-state index contributed by atoms with van der Waals surface area (Å²) in [6.45, 7) is 2.86. The van der Waals surface area contributed by atoms with Crippen LogP contribution in [-0.2, 0) is 12.7 Å². The first-order valence-electron chi connectivity index (χ1n) is 7.46. The molecule has 2 aromatic carbocycles. The van der Waals surface area contributed by atoms with Crippen molar-refractivity contribution in [2.45, 2.75) is 19.6 Å². The zero-order chi connectivity index (χ0) is 17.3. The van der Waals surface area contributed by atoms with Gasteiger partial charge >= 0.3 is 6.18 Å². The van der Waals surface area contributed by atoms with E-state index in [0.717, 1.165) is 29.6 Å². The molecule has 0 fully saturated rings. The lowest BCUT2D eigenvalue weighted by Gasteiger charge is -2.10. The molecule has 1 aromatic heterocycles. The second-order valence-electron chi connectivity index (χ2n) is 5.41. The highest BCUT2D eigenvalue weighted by Crippen LogP contribution is 2.29. The number of fused-ring (bicyclic) bond motifs is 1. The van der Waals surface area contributed by atoms with Gasteiger partial charge in [0.05, 0.1) is 5.56 Å². The molecule has 0 aliphatic carbocycles. The summed E-state index contributed by atoms with van der Waals surface area (Å²) in [5.74, 6) is -0.574. The molecule has 1 amide bonds. The molecular weight excluding hydrogens is 317 g/mol. The maximum atomic E-state index is 12.7. The minimum Gasteiger partial charge on any atom is -0.348 e. The third-order valence-electron chi connectivity index (χ3n) is 3.82. The normalized spacial score (nSPS) is 11.7. The molecule has 6 heteroatoms. The molecule has 1 N–H and O–H groups in total. The summed E-state index contributed by atoms with van der Waals surface area (Å²) in [6.07, 6.45) is -2.53. The number of aryl methyl sites for hydroxylation is 1. The molecule has 0 unspecified atom stereocenters. The minimum atomic E-state index is -4.47. The molecule has 0 aliphatic heterocycles. The maximum Gasteiger partial charge on any atom is 0.416 e. The minimum absolute atomic E-state index is 0.0314. The number of anilines is 1. The summed E-state index contributed by atoms with van der Waals surface area (Å²) in [5, 5.41) is 3.60. The fourth-order valence-corrected chi connectivity index (χ4v) is 2.59. The molecule has 1 heterocycles. The Kier molecular flexibility index (Phi) is 4.05. The van der Waals surface area contributed by atoms with Crippen LogP contribution >= 0.6 is 0 Å². The zero-order valence-corrected chi connectivity index (χ0v) is 12.9. The Morgan fingerprint density at radius 2 is 1.92 bits per heavy atom. The number of amides is 1. The standard InChI is InChI=1S/C18H15F3N2O/c1-2-23-9-8-12-11-15(6-7-16(12)23)22-17(24)13-4-3-5-14(10-13)18(19,20)21/h3-11H,2H2,1H3,(H,22,24). The molecule has 3 nitrogen and oxygen atoms in total. The molecular formula is C18H15F3N2O. The third kappa shape index (κ3) is 3.13. The van der Waals surface area contributed by atoms with Crippen LogP contribution in [0.2, 0.25) is 0 Å². The Morgan fingerprint density at radius 3 is 2.62 bits per heavy atom. The second-order valence-corrected chi connectivity index (χ2v) is 5.41. The van der Waals surface area contributed by atoms with Crippen LogP contribution in [-0.4, -0.2) is 10.5 Å². The molecule has 0 radical (unpaired) electrons. The Morgan fingerprint density at radius 1 is 1.12 bits per heavy atom. The zero-order valence-electron chi connectivity index (χ0n) is 12.9. The van der Waals surface area contributed by atoms with Crippen LogP contribution in [0.25, 0.3) is 10.9 Å². The van der Waals surface area contributed by atoms with Gasteiger partial charge in [0.2, 0.25) is 0 Å². The number of hydrogen-bond acceptors (Lipinski definition) is 1. The SMILES string of the molecule is CCn1ccc2cc(NC(=O)c3cccc(C(F)(F)F)c3)ccc21. The van der Waals surface area contributed by atoms with Crippen molar-refractivity contribution in [2.24, 2.45) is 0 Å². The molecule has 0 atom stereocenters. The molecule has 124 valence electrons. The first kappa shape index (κ1) is 16.1. The van der Waals surface area contributed by atoms with Crippen molar-refractivity contribution in [2.75, 3.05) is 5.32 Å². The van der Waals surface area contributed by atoms with E-state index in [2.05, 4.69) is 9.88 Å². The number of nitrogens with one attached hydrogen (secondary N) is 1. The fourth-order valence-electron chi connectivity index (χ4n) is 2.59. The molecule has 0 saturated heterocycles. The van der Waals surface area contributed by atoms with E-state index >= 15 is 0 Å². The van der Waals surface area contributed by atoms with Crippen molar-refractivity contribution in [3.8, 4) is 0 Å². The number of alkyl halides is 3. The number of hydrogen-bond donors (Lipinski definition) is 1. The number of nitrogens with zero attached hydrogens (tertiary/aromatic N) is 1. The highest BCUT2D eigenvalue weighted by Gasteiger charge is 2.30. The van der Waals surface area contributed by atoms with Crippen LogP contribution in [0.3, 0.4) is 0 Å². The first-order chi connectivity index (χ1) is 11.4. The molecule has 24 heavy (non-hydrogen) atoms. The average Bonchev–Trinajstić information content (AvgIpc) is 2.96. The van der Waals surface area contributed by atoms with E-state index in [-0.39, 0.29) is 5.56 Å². The van der Waals surface area contributed by atoms with Crippen LogP contribution < -0.4 is 5.32 Å². The van der Waals surface area contributed by atoms with E-state index in [1.807, 2.05) is 25.3 Å². The fraction of sp³-hybridized carbons (Fsp3) is 0.167. The number of carbonyl (C=O) groups is 1. The lowest BCUT2D eigenvalue weighted by atomic mass is 10.1. The number of carbonyl (C=O) groups excluding carboxylic acids is 1. The van der Waals surface area contributed by atoms with Crippen LogP contribution in [0.1, 0.15) is 22.8 Å². The Labute approximate surface area is 136 Å². The van der Waals surface area contributed by atoms with Gasteiger partial charge in [-0.3, -0.25) is 4.79 Å². The van der Waals surface area contributed by atoms with E-state index in [4.69, 9.17) is 0 Å². The van der Waals surface area contributed by atoms with Gasteiger partial charge in [-0.05, 0) is 49.4 Å². The Balaban J connectivity index is 1.84. The topological polar surface area (TPSA) is 34.0 Å². The molecule has 3 aromatic rings. The van der Waals surface area contributed by atoms with Gasteiger partial charge in [0.15, 0.2) is 0 Å². The van der Waals surface area contributed by atoms with E-state index in [9.17, 15) is 18.0 Å². The van der Waals surface area contributed by atoms with Gasteiger partial charge in [0.1, 0.15) is 0 Å². The van der Waals surface area contributed by atoms with Gasteiger partial charge in [-0.15, -0.1) is 0 Å². The lowest BCUT2D eigenvalue weighted by Crippen LogP contribution is -2.13. The predicted octanol–water partition coefficient (Wildman–Crippen LogP) is 4.93. The predicted molar refractivity (Wildman–Crippen MR) is 87.0 cm³/mol. The molecule has 0 aliphatic rings. The van der Waals surface area contributed by atoms with Crippen molar-refractivity contribution in [1.29, 1.82) is 0 Å². The maximum absolute atomic E-state index is 12.7. The third-order valence-corrected chi connectivity index (χ3v) is 3.82. The first-order valence-corrected chi connectivity index (χ1v) is 7.46. The van der Waals surface area contributed by atoms with Gasteiger partial charge in [-0.2, -0.15) is 13.2 Å². The van der Waals surface area contributed by atoms with Crippen molar-refractivity contribution < 1.29 is 18.0 Å². The summed E-state index contributed by atoms with van der Waals surface area (Å²) >= 11 is 0. The van der Waals surface area contributed by atoms with Gasteiger partial charge in [0, 0.05) is 34.9 Å². The summed E-state index contributed by atoms with van der Waals surface area (Å²) in [6, 6.07) is 11.7. The highest BCUT2D eigenvalue weighted by molar-refractivity contribution is 6.05. The van der Waals surface area contributed by atoms with Gasteiger partial charge in [0.25, 0.3) is 5.91 Å². The number of rotatable bonds is 3. The molecule has 0 saturated carbocycles. The number of aromatic nitrogens is 1. The van der Waals surface area contributed by atoms with Crippen molar-refractivity contribution >= 4 is 22.5 Å². The van der Waals surface area contributed by atoms with E-state index in [1.165, 1.54) is 12.1 Å². The summed E-state index contributed by atoms with van der Waals surface area (Å²) < 4.78 is 40.3. The van der Waals surface area contributed by atoms with Crippen molar-refractivity contribution in [1.82, 2.24) is 4.57 Å². The smallest absolute Gasteiger partial charge is 0.348 e. The largest absolute Gasteiger partial charge is 0.416 e. The highest BCUT2D eigenvalue weighted by atomic mass is 19.4. The second kappa shape index (κ2) is 6.03. The van der Waals surface area contributed by atoms with Crippen LogP contribution in [0.15, 0.2) is 54.7 Å². The average molecular weight is 332 g/mol. The molecule has 3 rings (SSSR count). The van der Waals surface area contributed by atoms with Crippen LogP contribution in [0, 0.1) is 0 Å². The summed E-state index contributed by atoms with van der Waals surface area (Å²) in [7, 11) is 0. The molecule has 0 bridgehead atoms. The van der Waals surface area contributed by atoms with Gasteiger partial charge in [-0.1, -0.05) is 6.07 Å². The summed E-state index contributed by atoms with van der Waals surface area (Å²) in [4.78, 5) is 12.2. The summed E-state index contributed by atoms with van der Waals surface area (Å²) in [5.41, 5.74) is 0.704. The van der Waals surface area contributed by atoms with Gasteiger partial charge < -0.3 is 9.88 Å².